The summed E-state index contributed by atoms with van der Waals surface area (Å²) in [6, 6.07) is 13.3. The van der Waals surface area contributed by atoms with Crippen molar-refractivity contribution in [3.8, 4) is 0 Å². The summed E-state index contributed by atoms with van der Waals surface area (Å²) >= 11 is 5.70. The summed E-state index contributed by atoms with van der Waals surface area (Å²) in [6.45, 7) is 3.36. The number of hydrazone groups is 1. The molecule has 142 valence electrons. The van der Waals surface area contributed by atoms with Crippen molar-refractivity contribution in [2.75, 3.05) is 10.7 Å². The average Bonchev–Trinajstić information content (AvgIpc) is 2.70. The van der Waals surface area contributed by atoms with Gasteiger partial charge in [-0.1, -0.05) is 29.8 Å². The zero-order chi connectivity index (χ0) is 20.1. The topological polar surface area (TPSA) is 109 Å². The zero-order valence-electron chi connectivity index (χ0n) is 15.1. The molecule has 0 bridgehead atoms. The fourth-order valence-corrected chi connectivity index (χ4v) is 2.46. The third-order valence-corrected chi connectivity index (χ3v) is 3.98. The van der Waals surface area contributed by atoms with E-state index in [9.17, 15) is 9.59 Å². The predicted molar refractivity (Wildman–Crippen MR) is 107 cm³/mol. The summed E-state index contributed by atoms with van der Waals surface area (Å²) in [6.07, 6.45) is 0. The largest absolute Gasteiger partial charge is 0.426 e. The van der Waals surface area contributed by atoms with Gasteiger partial charge in [0.25, 0.3) is 5.91 Å². The molecule has 2 N–H and O–H groups in total. The molecule has 0 aliphatic heterocycles. The van der Waals surface area contributed by atoms with Gasteiger partial charge in [-0.15, -0.1) is 10.2 Å². The lowest BCUT2D eigenvalue weighted by Gasteiger charge is -2.09. The van der Waals surface area contributed by atoms with Crippen LogP contribution in [0.5, 0.6) is 0 Å². The van der Waals surface area contributed by atoms with Gasteiger partial charge in [0.15, 0.2) is 11.0 Å². The number of aryl methyl sites for hydroxylation is 1. The molecule has 1 aromatic carbocycles. The fourth-order valence-electron chi connectivity index (χ4n) is 2.36. The number of amides is 1. The van der Waals surface area contributed by atoms with E-state index >= 15 is 0 Å². The number of aromatic nitrogens is 2. The molecule has 0 atom stereocenters. The van der Waals surface area contributed by atoms with E-state index in [1.807, 2.05) is 0 Å². The number of nitrogens with zero attached hydrogens (tertiary/aromatic N) is 3. The molecule has 0 aliphatic carbocycles. The van der Waals surface area contributed by atoms with Gasteiger partial charge in [0.05, 0.1) is 5.71 Å². The zero-order valence-corrected chi connectivity index (χ0v) is 15.8. The molecule has 0 radical (unpaired) electrons. The van der Waals surface area contributed by atoms with Gasteiger partial charge in [-0.3, -0.25) is 10.2 Å². The van der Waals surface area contributed by atoms with E-state index in [0.29, 0.717) is 28.4 Å². The first-order valence-corrected chi connectivity index (χ1v) is 8.63. The second-order valence-corrected chi connectivity index (χ2v) is 6.18. The highest BCUT2D eigenvalue weighted by atomic mass is 35.5. The van der Waals surface area contributed by atoms with Gasteiger partial charge in [0.2, 0.25) is 0 Å². The van der Waals surface area contributed by atoms with Crippen molar-refractivity contribution in [2.24, 2.45) is 5.10 Å². The van der Waals surface area contributed by atoms with Gasteiger partial charge in [-0.25, -0.2) is 4.79 Å². The SMILES string of the molecule is C/C(=N\Nc1ccc(Cl)nn1)c1cc(NC(=O)c2ccccc2)c(=O)oc1C. The van der Waals surface area contributed by atoms with Crippen molar-refractivity contribution in [2.45, 2.75) is 13.8 Å². The molecule has 9 heteroatoms. The van der Waals surface area contributed by atoms with E-state index in [2.05, 4.69) is 26.0 Å². The molecule has 3 rings (SSSR count). The summed E-state index contributed by atoms with van der Waals surface area (Å²) in [5.74, 6) is 0.358. The summed E-state index contributed by atoms with van der Waals surface area (Å²) in [5, 5.41) is 14.6. The maximum atomic E-state index is 12.3. The van der Waals surface area contributed by atoms with E-state index in [4.69, 9.17) is 16.0 Å². The van der Waals surface area contributed by atoms with Crippen molar-refractivity contribution in [3.05, 3.63) is 81.0 Å². The highest BCUT2D eigenvalue weighted by Crippen LogP contribution is 2.14. The normalized spacial score (nSPS) is 11.2. The quantitative estimate of drug-likeness (QED) is 0.504. The molecule has 0 spiro atoms. The van der Waals surface area contributed by atoms with E-state index in [0.717, 1.165) is 0 Å². The van der Waals surface area contributed by atoms with Crippen LogP contribution in [0.15, 0.2) is 62.8 Å². The number of carbonyl (C=O) groups excluding carboxylic acids is 1. The molecular formula is C19H16ClN5O3. The minimum absolute atomic E-state index is 0.0234. The Labute approximate surface area is 165 Å². The fraction of sp³-hybridized carbons (Fsp3) is 0.105. The van der Waals surface area contributed by atoms with Gasteiger partial charge in [0, 0.05) is 11.1 Å². The Morgan fingerprint density at radius 1 is 1.14 bits per heavy atom. The third-order valence-electron chi connectivity index (χ3n) is 3.78. The number of rotatable bonds is 5. The number of hydrogen-bond acceptors (Lipinski definition) is 7. The molecule has 0 saturated carbocycles. The smallest absolute Gasteiger partial charge is 0.359 e. The second-order valence-electron chi connectivity index (χ2n) is 5.79. The maximum Gasteiger partial charge on any atom is 0.359 e. The molecule has 8 nitrogen and oxygen atoms in total. The minimum Gasteiger partial charge on any atom is -0.426 e. The van der Waals surface area contributed by atoms with Crippen molar-refractivity contribution >= 4 is 34.7 Å². The van der Waals surface area contributed by atoms with E-state index in [-0.39, 0.29) is 10.8 Å². The lowest BCUT2D eigenvalue weighted by Crippen LogP contribution is -2.19. The Kier molecular flexibility index (Phi) is 5.81. The average molecular weight is 398 g/mol. The highest BCUT2D eigenvalue weighted by molar-refractivity contribution is 6.29. The van der Waals surface area contributed by atoms with Crippen LogP contribution in [0, 0.1) is 6.92 Å². The van der Waals surface area contributed by atoms with Crippen LogP contribution in [0.4, 0.5) is 11.5 Å². The number of carbonyl (C=O) groups is 1. The monoisotopic (exact) mass is 397 g/mol. The summed E-state index contributed by atoms with van der Waals surface area (Å²) in [7, 11) is 0. The standard InChI is InChI=1S/C19H16ClN5O3/c1-11(22-24-17-9-8-16(20)23-25-17)14-10-15(19(27)28-12(14)2)21-18(26)13-6-4-3-5-7-13/h3-10H,1-2H3,(H,21,26)(H,24,25)/b22-11+. The van der Waals surface area contributed by atoms with Gasteiger partial charge in [-0.2, -0.15) is 5.10 Å². The van der Waals surface area contributed by atoms with Crippen LogP contribution in [0.2, 0.25) is 5.15 Å². The van der Waals surface area contributed by atoms with Crippen molar-refractivity contribution in [1.82, 2.24) is 10.2 Å². The molecule has 28 heavy (non-hydrogen) atoms. The molecule has 2 heterocycles. The molecule has 0 unspecified atom stereocenters. The van der Waals surface area contributed by atoms with Crippen LogP contribution >= 0.6 is 11.6 Å². The lowest BCUT2D eigenvalue weighted by atomic mass is 10.1. The van der Waals surface area contributed by atoms with Crippen LogP contribution < -0.4 is 16.4 Å². The van der Waals surface area contributed by atoms with Crippen molar-refractivity contribution in [3.63, 3.8) is 0 Å². The Bertz CT molecular complexity index is 1080. The molecule has 1 amide bonds. The van der Waals surface area contributed by atoms with Gasteiger partial charge < -0.3 is 9.73 Å². The van der Waals surface area contributed by atoms with E-state index in [1.54, 1.807) is 56.3 Å². The molecule has 2 aromatic heterocycles. The van der Waals surface area contributed by atoms with Crippen LogP contribution in [0.25, 0.3) is 0 Å². The first-order valence-electron chi connectivity index (χ1n) is 8.25. The lowest BCUT2D eigenvalue weighted by molar-refractivity contribution is 0.102. The molecule has 0 aliphatic rings. The van der Waals surface area contributed by atoms with Gasteiger partial charge in [-0.05, 0) is 44.2 Å². The Morgan fingerprint density at radius 2 is 1.89 bits per heavy atom. The minimum atomic E-state index is -0.644. The first-order chi connectivity index (χ1) is 13.4. The summed E-state index contributed by atoms with van der Waals surface area (Å²) < 4.78 is 5.24. The van der Waals surface area contributed by atoms with Crippen LogP contribution in [-0.4, -0.2) is 21.8 Å². The molecular weight excluding hydrogens is 382 g/mol. The molecule has 0 saturated heterocycles. The van der Waals surface area contributed by atoms with Gasteiger partial charge in [0.1, 0.15) is 11.4 Å². The van der Waals surface area contributed by atoms with Crippen LogP contribution in [-0.2, 0) is 0 Å². The van der Waals surface area contributed by atoms with Crippen molar-refractivity contribution in [1.29, 1.82) is 0 Å². The van der Waals surface area contributed by atoms with Crippen LogP contribution in [0.3, 0.4) is 0 Å². The second kappa shape index (κ2) is 8.45. The third kappa shape index (κ3) is 4.60. The first kappa shape index (κ1) is 19.2. The number of nitrogens with one attached hydrogen (secondary N) is 2. The van der Waals surface area contributed by atoms with Crippen LogP contribution in [0.1, 0.15) is 28.6 Å². The Morgan fingerprint density at radius 3 is 2.57 bits per heavy atom. The molecule has 0 fully saturated rings. The Balaban J connectivity index is 1.84. The van der Waals surface area contributed by atoms with E-state index < -0.39 is 11.5 Å². The maximum absolute atomic E-state index is 12.3. The highest BCUT2D eigenvalue weighted by Gasteiger charge is 2.14. The van der Waals surface area contributed by atoms with Gasteiger partial charge >= 0.3 is 5.63 Å². The number of hydrogen-bond donors (Lipinski definition) is 2. The summed E-state index contributed by atoms with van der Waals surface area (Å²) in [5.41, 5.74) is 3.63. The number of anilines is 2. The number of benzene rings is 1. The number of halogens is 1. The Hall–Kier alpha value is -3.52. The van der Waals surface area contributed by atoms with Crippen molar-refractivity contribution < 1.29 is 9.21 Å². The summed E-state index contributed by atoms with van der Waals surface area (Å²) in [4.78, 5) is 24.4. The predicted octanol–water partition coefficient (Wildman–Crippen LogP) is 3.48. The van der Waals surface area contributed by atoms with E-state index in [1.165, 1.54) is 6.07 Å². The molecule has 3 aromatic rings.